The lowest BCUT2D eigenvalue weighted by molar-refractivity contribution is -0.810. The molecule has 0 spiro atoms. The Morgan fingerprint density at radius 2 is 2.39 bits per heavy atom. The van der Waals surface area contributed by atoms with E-state index in [0.29, 0.717) is 6.42 Å². The van der Waals surface area contributed by atoms with Crippen molar-refractivity contribution in [1.29, 1.82) is 0 Å². The zero-order valence-corrected chi connectivity index (χ0v) is 9.09. The van der Waals surface area contributed by atoms with Crippen molar-refractivity contribution in [2.45, 2.75) is 17.9 Å². The van der Waals surface area contributed by atoms with E-state index in [1.165, 1.54) is 6.21 Å². The summed E-state index contributed by atoms with van der Waals surface area (Å²) in [5.74, 6) is -0.605. The third-order valence-electron chi connectivity index (χ3n) is 4.27. The highest BCUT2D eigenvalue weighted by molar-refractivity contribution is 5.79. The molecule has 8 heteroatoms. The molecule has 1 saturated carbocycles. The molecule has 0 aromatic carbocycles. The van der Waals surface area contributed by atoms with Crippen molar-refractivity contribution in [3.05, 3.63) is 33.2 Å². The smallest absolute Gasteiger partial charge is 0.336 e. The first-order valence-corrected chi connectivity index (χ1v) is 5.62. The Labute approximate surface area is 100 Å². The van der Waals surface area contributed by atoms with Crippen molar-refractivity contribution >= 4 is 12.0 Å². The van der Waals surface area contributed by atoms with Gasteiger partial charge >= 0.3 is 5.82 Å². The Hall–Kier alpha value is -2.25. The average molecular weight is 248 g/mol. The summed E-state index contributed by atoms with van der Waals surface area (Å²) in [6.45, 7) is 0. The molecule has 18 heavy (non-hydrogen) atoms. The molecule has 2 bridgehead atoms. The third kappa shape index (κ3) is 0.835. The number of nitrogens with zero attached hydrogens (tertiary/aromatic N) is 4. The number of hydrogen-bond donors (Lipinski definition) is 0. The van der Waals surface area contributed by atoms with Crippen LogP contribution in [0.25, 0.3) is 0 Å². The molecule has 0 N–H and O–H groups in total. The summed E-state index contributed by atoms with van der Waals surface area (Å²) in [6, 6.07) is 0. The summed E-state index contributed by atoms with van der Waals surface area (Å²) >= 11 is 0. The first kappa shape index (κ1) is 9.75. The largest absolute Gasteiger partial charge is 0.359 e. The molecule has 1 fully saturated rings. The summed E-state index contributed by atoms with van der Waals surface area (Å²) < 4.78 is 4.51. The fourth-order valence-corrected chi connectivity index (χ4v) is 3.54. The van der Waals surface area contributed by atoms with Gasteiger partial charge in [-0.1, -0.05) is 12.2 Å². The fourth-order valence-electron chi connectivity index (χ4n) is 3.54. The van der Waals surface area contributed by atoms with Crippen molar-refractivity contribution < 1.29 is 14.5 Å². The topological polar surface area (TPSA) is 108 Å². The van der Waals surface area contributed by atoms with E-state index in [-0.39, 0.29) is 33.2 Å². The standard InChI is InChI=1S/C10H8N4O4/c15-13-8-7-5-1-2-6(3-5)10(7,14(16)17)4-11-9(8)12-18-13/h1-2,4-7H,3H2/t5-,6+,7-,10+/m0/s1. The van der Waals surface area contributed by atoms with Crippen LogP contribution >= 0.6 is 0 Å². The molecule has 1 aliphatic heterocycles. The van der Waals surface area contributed by atoms with Gasteiger partial charge in [0.15, 0.2) is 0 Å². The van der Waals surface area contributed by atoms with E-state index >= 15 is 0 Å². The van der Waals surface area contributed by atoms with Gasteiger partial charge in [-0.2, -0.15) is 0 Å². The van der Waals surface area contributed by atoms with Crippen LogP contribution in [0.3, 0.4) is 0 Å². The Morgan fingerprint density at radius 1 is 1.56 bits per heavy atom. The van der Waals surface area contributed by atoms with Gasteiger partial charge in [0.05, 0.1) is 17.3 Å². The maximum atomic E-state index is 11.6. The van der Waals surface area contributed by atoms with E-state index in [9.17, 15) is 15.3 Å². The molecule has 2 heterocycles. The van der Waals surface area contributed by atoms with Crippen LogP contribution in [0.1, 0.15) is 18.0 Å². The molecule has 1 aromatic rings. The maximum absolute atomic E-state index is 11.6. The van der Waals surface area contributed by atoms with Crippen molar-refractivity contribution in [2.24, 2.45) is 16.8 Å². The Kier molecular flexibility index (Phi) is 1.50. The third-order valence-corrected chi connectivity index (χ3v) is 4.27. The van der Waals surface area contributed by atoms with Crippen LogP contribution in [0.5, 0.6) is 0 Å². The number of nitro groups is 1. The van der Waals surface area contributed by atoms with E-state index in [2.05, 4.69) is 14.8 Å². The van der Waals surface area contributed by atoms with Crippen LogP contribution in [0.15, 0.2) is 21.8 Å². The molecule has 0 radical (unpaired) electrons. The van der Waals surface area contributed by atoms with Crippen LogP contribution in [0.4, 0.5) is 5.82 Å². The highest BCUT2D eigenvalue weighted by Crippen LogP contribution is 2.58. The number of aliphatic imine (C=N–C) groups is 1. The second-order valence-electron chi connectivity index (χ2n) is 4.91. The van der Waals surface area contributed by atoms with Gasteiger partial charge in [0.2, 0.25) is 5.69 Å². The molecule has 0 amide bonds. The summed E-state index contributed by atoms with van der Waals surface area (Å²) in [4.78, 5) is 15.4. The molecule has 8 nitrogen and oxygen atoms in total. The van der Waals surface area contributed by atoms with Crippen LogP contribution in [0, 0.1) is 27.2 Å². The first-order valence-electron chi connectivity index (χ1n) is 5.62. The highest BCUT2D eigenvalue weighted by Gasteiger charge is 2.69. The Balaban J connectivity index is 2.01. The quantitative estimate of drug-likeness (QED) is 0.308. The lowest BCUT2D eigenvalue weighted by atomic mass is 9.74. The van der Waals surface area contributed by atoms with E-state index in [1.807, 2.05) is 12.2 Å². The highest BCUT2D eigenvalue weighted by atomic mass is 16.8. The number of hydrogen-bond acceptors (Lipinski definition) is 6. The SMILES string of the molecule is O=[N+]([O-])[C@@]12C=Nc3no[n+]([O-])c3[C@@H]1[C@H]1C=C[C@@H]2C1. The minimum absolute atomic E-state index is 0.0227. The van der Waals surface area contributed by atoms with E-state index < -0.39 is 11.5 Å². The molecule has 92 valence electrons. The van der Waals surface area contributed by atoms with Crippen LogP contribution in [0.2, 0.25) is 0 Å². The second-order valence-corrected chi connectivity index (χ2v) is 4.91. The molecule has 2 aliphatic carbocycles. The van der Waals surface area contributed by atoms with E-state index in [4.69, 9.17) is 0 Å². The van der Waals surface area contributed by atoms with Gasteiger partial charge in [-0.25, -0.2) is 4.99 Å². The van der Waals surface area contributed by atoms with Gasteiger partial charge in [0.1, 0.15) is 5.92 Å². The van der Waals surface area contributed by atoms with Gasteiger partial charge in [-0.3, -0.25) is 14.7 Å². The van der Waals surface area contributed by atoms with Crippen molar-refractivity contribution in [2.75, 3.05) is 0 Å². The average Bonchev–Trinajstić information content (AvgIpc) is 3.02. The van der Waals surface area contributed by atoms with Crippen molar-refractivity contribution in [1.82, 2.24) is 5.16 Å². The minimum Gasteiger partial charge on any atom is -0.359 e. The number of aromatic nitrogens is 2. The zero-order valence-electron chi connectivity index (χ0n) is 9.09. The summed E-state index contributed by atoms with van der Waals surface area (Å²) in [7, 11) is 0. The predicted molar refractivity (Wildman–Crippen MR) is 56.8 cm³/mol. The molecule has 4 rings (SSSR count). The minimum atomic E-state index is -1.32. The van der Waals surface area contributed by atoms with Gasteiger partial charge < -0.3 is 5.21 Å². The fraction of sp³-hybridized carbons (Fsp3) is 0.500. The molecule has 4 atom stereocenters. The summed E-state index contributed by atoms with van der Waals surface area (Å²) in [5, 5.41) is 26.6. The van der Waals surface area contributed by atoms with Crippen LogP contribution in [-0.2, 0) is 0 Å². The molecule has 3 aliphatic rings. The number of allylic oxidation sites excluding steroid dienone is 1. The number of fused-ring (bicyclic) bond motifs is 7. The van der Waals surface area contributed by atoms with Crippen molar-refractivity contribution in [3.63, 3.8) is 0 Å². The first-order chi connectivity index (χ1) is 8.64. The van der Waals surface area contributed by atoms with Crippen molar-refractivity contribution in [3.8, 4) is 0 Å². The zero-order chi connectivity index (χ0) is 12.5. The van der Waals surface area contributed by atoms with Gasteiger partial charge in [-0.15, -0.1) is 0 Å². The normalized spacial score (nSPS) is 38.8. The second kappa shape index (κ2) is 2.77. The summed E-state index contributed by atoms with van der Waals surface area (Å²) in [6.07, 6.45) is 5.79. The maximum Gasteiger partial charge on any atom is 0.336 e. The van der Waals surface area contributed by atoms with Gasteiger partial charge in [0, 0.05) is 4.92 Å². The molecule has 0 saturated heterocycles. The van der Waals surface area contributed by atoms with Gasteiger partial charge in [-0.05, 0) is 17.2 Å². The van der Waals surface area contributed by atoms with Gasteiger partial charge in [0.25, 0.3) is 5.54 Å². The number of rotatable bonds is 1. The molecular formula is C10H8N4O4. The summed E-state index contributed by atoms with van der Waals surface area (Å²) in [5.41, 5.74) is -1.13. The Bertz CT molecular complexity index is 621. The predicted octanol–water partition coefficient (Wildman–Crippen LogP) is 0.329. The monoisotopic (exact) mass is 248 g/mol. The van der Waals surface area contributed by atoms with Crippen LogP contribution in [-0.4, -0.2) is 21.8 Å². The molecule has 0 unspecified atom stereocenters. The lowest BCUT2D eigenvalue weighted by Gasteiger charge is -2.30. The van der Waals surface area contributed by atoms with E-state index in [1.54, 1.807) is 0 Å². The molecular weight excluding hydrogens is 240 g/mol. The lowest BCUT2D eigenvalue weighted by Crippen LogP contribution is -2.53. The van der Waals surface area contributed by atoms with Crippen LogP contribution < -0.4 is 4.90 Å². The molecule has 1 aromatic heterocycles. The van der Waals surface area contributed by atoms with E-state index in [0.717, 1.165) is 0 Å². The Morgan fingerprint density at radius 3 is 3.17 bits per heavy atom.